The van der Waals surface area contributed by atoms with Crippen molar-refractivity contribution in [2.45, 2.75) is 85.2 Å². The van der Waals surface area contributed by atoms with Crippen molar-refractivity contribution < 1.29 is 17.0 Å². The zero-order valence-corrected chi connectivity index (χ0v) is 16.2. The van der Waals surface area contributed by atoms with Gasteiger partial charge >= 0.3 is 0 Å². The summed E-state index contributed by atoms with van der Waals surface area (Å²) in [4.78, 5) is 0. The molecule has 0 N–H and O–H groups in total. The minimum absolute atomic E-state index is 0. The van der Waals surface area contributed by atoms with Crippen LogP contribution in [0.15, 0.2) is 0 Å². The standard InChI is InChI=1S/C16H36P.BrH/c1-7-10-13-17(14-11-8-2,15-12-9-3)16(4,5)6;/h7-15H2,1-6H3;1H/q+1;/p-1. The number of halogens is 1. The van der Waals surface area contributed by atoms with Crippen LogP contribution in [0.3, 0.4) is 0 Å². The van der Waals surface area contributed by atoms with E-state index in [0.29, 0.717) is 5.16 Å². The SMILES string of the molecule is CCCC[P+](CCCC)(CCCC)C(C)(C)C.[Br-]. The van der Waals surface area contributed by atoms with Gasteiger partial charge in [-0.15, -0.1) is 0 Å². The Hall–Kier alpha value is 0.910. The summed E-state index contributed by atoms with van der Waals surface area (Å²) >= 11 is 0. The largest absolute Gasteiger partial charge is 1.00 e. The zero-order chi connectivity index (χ0) is 13.4. The Bertz CT molecular complexity index is 162. The second kappa shape index (κ2) is 10.7. The van der Waals surface area contributed by atoms with Crippen LogP contribution in [0.5, 0.6) is 0 Å². The molecule has 0 fully saturated rings. The second-order valence-corrected chi connectivity index (χ2v) is 11.5. The van der Waals surface area contributed by atoms with Gasteiger partial charge in [-0.1, -0.05) is 40.0 Å². The van der Waals surface area contributed by atoms with E-state index in [4.69, 9.17) is 0 Å². The molecule has 0 unspecified atom stereocenters. The van der Waals surface area contributed by atoms with Gasteiger partial charge in [-0.25, -0.2) is 0 Å². The molecular weight excluding hydrogens is 303 g/mol. The van der Waals surface area contributed by atoms with Crippen LogP contribution >= 0.6 is 7.26 Å². The summed E-state index contributed by atoms with van der Waals surface area (Å²) in [5.41, 5.74) is 0. The molecule has 0 aliphatic rings. The molecule has 0 bridgehead atoms. The number of unbranched alkanes of at least 4 members (excludes halogenated alkanes) is 3. The molecule has 0 nitrogen and oxygen atoms in total. The maximum Gasteiger partial charge on any atom is 0.0715 e. The van der Waals surface area contributed by atoms with Crippen LogP contribution in [-0.2, 0) is 0 Å². The van der Waals surface area contributed by atoms with E-state index >= 15 is 0 Å². The maximum absolute atomic E-state index is 2.52. The van der Waals surface area contributed by atoms with Gasteiger partial charge in [0.1, 0.15) is 0 Å². The fourth-order valence-corrected chi connectivity index (χ4v) is 8.17. The van der Waals surface area contributed by atoms with Crippen molar-refractivity contribution in [3.8, 4) is 0 Å². The Labute approximate surface area is 128 Å². The molecule has 0 heterocycles. The Balaban J connectivity index is 0. The lowest BCUT2D eigenvalue weighted by Crippen LogP contribution is -3.00. The van der Waals surface area contributed by atoms with Crippen molar-refractivity contribution in [1.29, 1.82) is 0 Å². The fraction of sp³-hybridized carbons (Fsp3) is 1.00. The van der Waals surface area contributed by atoms with Gasteiger partial charge in [0.15, 0.2) is 0 Å². The maximum atomic E-state index is 2.52. The summed E-state index contributed by atoms with van der Waals surface area (Å²) in [7, 11) is -0.730. The molecule has 18 heavy (non-hydrogen) atoms. The average Bonchev–Trinajstić information content (AvgIpc) is 2.27. The average molecular weight is 339 g/mol. The highest BCUT2D eigenvalue weighted by molar-refractivity contribution is 7.77. The third-order valence-electron chi connectivity index (χ3n) is 4.24. The van der Waals surface area contributed by atoms with Gasteiger partial charge in [0.2, 0.25) is 0 Å². The van der Waals surface area contributed by atoms with Crippen molar-refractivity contribution in [2.75, 3.05) is 18.5 Å². The van der Waals surface area contributed by atoms with E-state index < -0.39 is 7.26 Å². The molecule has 0 radical (unpaired) electrons. The first-order chi connectivity index (χ1) is 7.93. The van der Waals surface area contributed by atoms with E-state index in [2.05, 4.69) is 41.5 Å². The molecule has 0 aromatic rings. The van der Waals surface area contributed by atoms with Crippen molar-refractivity contribution in [3.05, 3.63) is 0 Å². The van der Waals surface area contributed by atoms with E-state index in [-0.39, 0.29) is 17.0 Å². The molecular formula is C16H36BrP. The minimum Gasteiger partial charge on any atom is -1.00 e. The summed E-state index contributed by atoms with van der Waals surface area (Å²) in [5.74, 6) is 0. The predicted molar refractivity (Wildman–Crippen MR) is 86.0 cm³/mol. The first kappa shape index (κ1) is 21.2. The minimum atomic E-state index is -0.730. The van der Waals surface area contributed by atoms with E-state index in [0.717, 1.165) is 0 Å². The monoisotopic (exact) mass is 338 g/mol. The van der Waals surface area contributed by atoms with Crippen molar-refractivity contribution in [3.63, 3.8) is 0 Å². The lowest BCUT2D eigenvalue weighted by molar-refractivity contribution is -0.00000425. The summed E-state index contributed by atoms with van der Waals surface area (Å²) in [6.45, 7) is 14.6. The van der Waals surface area contributed by atoms with Crippen LogP contribution in [0.25, 0.3) is 0 Å². The molecule has 0 atom stereocenters. The van der Waals surface area contributed by atoms with Gasteiger partial charge in [-0.05, 0) is 40.0 Å². The lowest BCUT2D eigenvalue weighted by Gasteiger charge is -2.39. The topological polar surface area (TPSA) is 0 Å². The number of hydrogen-bond acceptors (Lipinski definition) is 0. The molecule has 0 saturated heterocycles. The lowest BCUT2D eigenvalue weighted by atomic mass is 10.2. The Morgan fingerprint density at radius 2 is 0.944 bits per heavy atom. The molecule has 0 aliphatic carbocycles. The Morgan fingerprint density at radius 1 is 0.667 bits per heavy atom. The van der Waals surface area contributed by atoms with Gasteiger partial charge in [-0.3, -0.25) is 0 Å². The van der Waals surface area contributed by atoms with Crippen LogP contribution in [0, 0.1) is 0 Å². The van der Waals surface area contributed by atoms with Crippen molar-refractivity contribution in [1.82, 2.24) is 0 Å². The third kappa shape index (κ3) is 6.90. The van der Waals surface area contributed by atoms with Crippen molar-refractivity contribution >= 4 is 7.26 Å². The third-order valence-corrected chi connectivity index (χ3v) is 10.6. The summed E-state index contributed by atoms with van der Waals surface area (Å²) in [6, 6.07) is 0. The van der Waals surface area contributed by atoms with Gasteiger partial charge in [0.25, 0.3) is 0 Å². The van der Waals surface area contributed by atoms with Gasteiger partial charge < -0.3 is 17.0 Å². The van der Waals surface area contributed by atoms with Crippen LogP contribution in [0.2, 0.25) is 0 Å². The van der Waals surface area contributed by atoms with Gasteiger partial charge in [-0.2, -0.15) is 0 Å². The highest BCUT2D eigenvalue weighted by atomic mass is 79.9. The highest BCUT2D eigenvalue weighted by Crippen LogP contribution is 2.69. The quantitative estimate of drug-likeness (QED) is 0.566. The highest BCUT2D eigenvalue weighted by Gasteiger charge is 2.46. The van der Waals surface area contributed by atoms with Crippen LogP contribution in [0.4, 0.5) is 0 Å². The summed E-state index contributed by atoms with van der Waals surface area (Å²) < 4.78 is 0. The molecule has 0 rings (SSSR count). The van der Waals surface area contributed by atoms with Crippen LogP contribution in [0.1, 0.15) is 80.1 Å². The van der Waals surface area contributed by atoms with Crippen LogP contribution < -0.4 is 17.0 Å². The van der Waals surface area contributed by atoms with Crippen LogP contribution in [-0.4, -0.2) is 23.6 Å². The zero-order valence-electron chi connectivity index (χ0n) is 13.7. The predicted octanol–water partition coefficient (Wildman–Crippen LogP) is 3.21. The molecule has 0 aromatic heterocycles. The van der Waals surface area contributed by atoms with E-state index in [9.17, 15) is 0 Å². The van der Waals surface area contributed by atoms with Gasteiger partial charge in [0, 0.05) is 7.26 Å². The summed E-state index contributed by atoms with van der Waals surface area (Å²) in [6.07, 6.45) is 13.1. The van der Waals surface area contributed by atoms with Gasteiger partial charge in [0.05, 0.1) is 23.6 Å². The molecule has 0 aromatic carbocycles. The number of rotatable bonds is 9. The first-order valence-electron chi connectivity index (χ1n) is 7.79. The molecule has 0 aliphatic heterocycles. The molecule has 112 valence electrons. The van der Waals surface area contributed by atoms with E-state index in [1.165, 1.54) is 38.5 Å². The number of hydrogen-bond donors (Lipinski definition) is 0. The fourth-order valence-electron chi connectivity index (χ4n) is 2.72. The summed E-state index contributed by atoms with van der Waals surface area (Å²) in [5, 5.41) is 0.576. The molecule has 0 saturated carbocycles. The molecule has 2 heteroatoms. The second-order valence-electron chi connectivity index (χ2n) is 6.55. The molecule has 0 spiro atoms. The molecule has 0 amide bonds. The van der Waals surface area contributed by atoms with Crippen molar-refractivity contribution in [2.24, 2.45) is 0 Å². The smallest absolute Gasteiger partial charge is 0.0715 e. The van der Waals surface area contributed by atoms with E-state index in [1.807, 2.05) is 0 Å². The Morgan fingerprint density at radius 3 is 1.11 bits per heavy atom. The Kier molecular flexibility index (Phi) is 12.6. The first-order valence-corrected chi connectivity index (χ1v) is 10.1. The van der Waals surface area contributed by atoms with E-state index in [1.54, 1.807) is 18.5 Å². The normalized spacial score (nSPS) is 12.3.